The molecular formula is C14H19N3O2S. The first-order valence-corrected chi connectivity index (χ1v) is 7.74. The first-order chi connectivity index (χ1) is 9.74. The van der Waals surface area contributed by atoms with E-state index in [-0.39, 0.29) is 11.7 Å². The molecule has 108 valence electrons. The van der Waals surface area contributed by atoms with E-state index < -0.39 is 0 Å². The van der Waals surface area contributed by atoms with Gasteiger partial charge in [0, 0.05) is 5.92 Å². The maximum absolute atomic E-state index is 11.8. The first-order valence-electron chi connectivity index (χ1n) is 6.92. The summed E-state index contributed by atoms with van der Waals surface area (Å²) in [6, 6.07) is 3.30. The van der Waals surface area contributed by atoms with Crippen molar-refractivity contribution >= 4 is 22.4 Å². The van der Waals surface area contributed by atoms with Gasteiger partial charge in [-0.3, -0.25) is 10.1 Å². The standard InChI is InChI=1S/C14H19N3O2S/c1-3-5-7-10(4-2)13-16-17-14(20-13)15-12(18)11-8-6-9-19-11/h6,8-10H,3-5,7H2,1-2H3,(H,15,17,18). The summed E-state index contributed by atoms with van der Waals surface area (Å²) < 4.78 is 5.04. The topological polar surface area (TPSA) is 68.0 Å². The quantitative estimate of drug-likeness (QED) is 0.835. The molecule has 2 heterocycles. The van der Waals surface area contributed by atoms with Gasteiger partial charge in [-0.25, -0.2) is 0 Å². The highest BCUT2D eigenvalue weighted by atomic mass is 32.1. The number of unbranched alkanes of at least 4 members (excludes halogenated alkanes) is 1. The molecule has 0 saturated heterocycles. The van der Waals surface area contributed by atoms with E-state index in [2.05, 4.69) is 29.4 Å². The molecule has 1 atom stereocenters. The SMILES string of the molecule is CCCCC(CC)c1nnc(NC(=O)c2ccco2)s1. The second-order valence-corrected chi connectivity index (χ2v) is 5.63. The van der Waals surface area contributed by atoms with Crippen LogP contribution < -0.4 is 5.32 Å². The summed E-state index contributed by atoms with van der Waals surface area (Å²) in [7, 11) is 0. The number of carbonyl (C=O) groups excluding carboxylic acids is 1. The van der Waals surface area contributed by atoms with Crippen LogP contribution >= 0.6 is 11.3 Å². The summed E-state index contributed by atoms with van der Waals surface area (Å²) in [6.07, 6.45) is 6.00. The fourth-order valence-corrected chi connectivity index (χ4v) is 2.93. The van der Waals surface area contributed by atoms with E-state index in [1.807, 2.05) is 0 Å². The van der Waals surface area contributed by atoms with Gasteiger partial charge < -0.3 is 4.42 Å². The third-order valence-corrected chi connectivity index (χ3v) is 4.16. The van der Waals surface area contributed by atoms with Crippen molar-refractivity contribution in [2.75, 3.05) is 5.32 Å². The van der Waals surface area contributed by atoms with Crippen LogP contribution in [0.1, 0.15) is 61.0 Å². The van der Waals surface area contributed by atoms with Gasteiger partial charge in [-0.1, -0.05) is 38.0 Å². The zero-order valence-corrected chi connectivity index (χ0v) is 12.6. The van der Waals surface area contributed by atoms with Crippen LogP contribution in [0.2, 0.25) is 0 Å². The Bertz CT molecular complexity index is 536. The predicted molar refractivity (Wildman–Crippen MR) is 79.1 cm³/mol. The zero-order valence-electron chi connectivity index (χ0n) is 11.8. The number of amides is 1. The van der Waals surface area contributed by atoms with E-state index in [1.54, 1.807) is 12.1 Å². The minimum atomic E-state index is -0.292. The molecule has 6 heteroatoms. The van der Waals surface area contributed by atoms with Crippen LogP contribution in [0.5, 0.6) is 0 Å². The molecule has 0 spiro atoms. The Balaban J connectivity index is 1.99. The van der Waals surface area contributed by atoms with Crippen LogP contribution in [0, 0.1) is 0 Å². The number of carbonyl (C=O) groups is 1. The second-order valence-electron chi connectivity index (χ2n) is 4.62. The lowest BCUT2D eigenvalue weighted by atomic mass is 10.0. The van der Waals surface area contributed by atoms with Gasteiger partial charge in [0.25, 0.3) is 5.91 Å². The van der Waals surface area contributed by atoms with Crippen molar-refractivity contribution < 1.29 is 9.21 Å². The van der Waals surface area contributed by atoms with Gasteiger partial charge in [0.2, 0.25) is 5.13 Å². The van der Waals surface area contributed by atoms with Crippen molar-refractivity contribution in [1.82, 2.24) is 10.2 Å². The highest BCUT2D eigenvalue weighted by molar-refractivity contribution is 7.15. The Morgan fingerprint density at radius 3 is 2.95 bits per heavy atom. The molecule has 2 aromatic rings. The van der Waals surface area contributed by atoms with E-state index in [1.165, 1.54) is 30.4 Å². The van der Waals surface area contributed by atoms with Gasteiger partial charge in [-0.15, -0.1) is 10.2 Å². The van der Waals surface area contributed by atoms with E-state index >= 15 is 0 Å². The minimum Gasteiger partial charge on any atom is -0.459 e. The Hall–Kier alpha value is -1.69. The van der Waals surface area contributed by atoms with E-state index in [0.717, 1.165) is 17.8 Å². The summed E-state index contributed by atoms with van der Waals surface area (Å²) in [5.74, 6) is 0.417. The predicted octanol–water partition coefficient (Wildman–Crippen LogP) is 4.07. The van der Waals surface area contributed by atoms with Crippen molar-refractivity contribution in [1.29, 1.82) is 0 Å². The smallest absolute Gasteiger partial charge is 0.293 e. The second kappa shape index (κ2) is 7.19. The van der Waals surface area contributed by atoms with Gasteiger partial charge in [0.15, 0.2) is 5.76 Å². The number of rotatable bonds is 7. The summed E-state index contributed by atoms with van der Waals surface area (Å²) >= 11 is 1.45. The van der Waals surface area contributed by atoms with Crippen LogP contribution in [0.25, 0.3) is 0 Å². The van der Waals surface area contributed by atoms with E-state index in [9.17, 15) is 4.79 Å². The van der Waals surface area contributed by atoms with Crippen LogP contribution in [0.4, 0.5) is 5.13 Å². The van der Waals surface area contributed by atoms with Crippen molar-refractivity contribution in [3.63, 3.8) is 0 Å². The maximum Gasteiger partial charge on any atom is 0.293 e. The monoisotopic (exact) mass is 293 g/mol. The average Bonchev–Trinajstić information content (AvgIpc) is 3.11. The molecule has 0 aromatic carbocycles. The third-order valence-electron chi connectivity index (χ3n) is 3.15. The lowest BCUT2D eigenvalue weighted by molar-refractivity contribution is 0.0996. The summed E-state index contributed by atoms with van der Waals surface area (Å²) in [5.41, 5.74) is 0. The van der Waals surface area contributed by atoms with Crippen molar-refractivity contribution in [3.05, 3.63) is 29.2 Å². The zero-order chi connectivity index (χ0) is 14.4. The largest absolute Gasteiger partial charge is 0.459 e. The molecular weight excluding hydrogens is 274 g/mol. The minimum absolute atomic E-state index is 0.278. The Morgan fingerprint density at radius 2 is 2.30 bits per heavy atom. The van der Waals surface area contributed by atoms with Gasteiger partial charge in [-0.2, -0.15) is 0 Å². The molecule has 1 amide bonds. The molecule has 0 aliphatic carbocycles. The normalized spacial score (nSPS) is 12.3. The van der Waals surface area contributed by atoms with Crippen molar-refractivity contribution in [3.8, 4) is 0 Å². The van der Waals surface area contributed by atoms with E-state index in [4.69, 9.17) is 4.42 Å². The van der Waals surface area contributed by atoms with E-state index in [0.29, 0.717) is 11.0 Å². The number of furan rings is 1. The molecule has 5 nitrogen and oxygen atoms in total. The average molecular weight is 293 g/mol. The maximum atomic E-state index is 11.8. The van der Waals surface area contributed by atoms with Crippen LogP contribution in [-0.2, 0) is 0 Å². The molecule has 0 saturated carbocycles. The fourth-order valence-electron chi connectivity index (χ4n) is 1.97. The van der Waals surface area contributed by atoms with Crippen LogP contribution in [0.3, 0.4) is 0 Å². The lowest BCUT2D eigenvalue weighted by Gasteiger charge is -2.09. The molecule has 0 aliphatic heterocycles. The number of nitrogens with zero attached hydrogens (tertiary/aromatic N) is 2. The number of hydrogen-bond donors (Lipinski definition) is 1. The third kappa shape index (κ3) is 3.66. The Morgan fingerprint density at radius 1 is 1.45 bits per heavy atom. The fraction of sp³-hybridized carbons (Fsp3) is 0.500. The van der Waals surface area contributed by atoms with Crippen LogP contribution in [-0.4, -0.2) is 16.1 Å². The van der Waals surface area contributed by atoms with Gasteiger partial charge in [0.05, 0.1) is 6.26 Å². The van der Waals surface area contributed by atoms with Gasteiger partial charge >= 0.3 is 0 Å². The number of aromatic nitrogens is 2. The molecule has 20 heavy (non-hydrogen) atoms. The molecule has 0 aliphatic rings. The van der Waals surface area contributed by atoms with Gasteiger partial charge in [-0.05, 0) is 25.0 Å². The Kier molecular flexibility index (Phi) is 5.29. The summed E-state index contributed by atoms with van der Waals surface area (Å²) in [5, 5.41) is 12.5. The molecule has 0 radical (unpaired) electrons. The number of nitrogens with one attached hydrogen (secondary N) is 1. The van der Waals surface area contributed by atoms with Gasteiger partial charge in [0.1, 0.15) is 5.01 Å². The first kappa shape index (κ1) is 14.7. The molecule has 1 N–H and O–H groups in total. The Labute approximate surface area is 122 Å². The number of anilines is 1. The highest BCUT2D eigenvalue weighted by Gasteiger charge is 2.17. The van der Waals surface area contributed by atoms with Crippen molar-refractivity contribution in [2.45, 2.75) is 45.4 Å². The molecule has 2 rings (SSSR count). The van der Waals surface area contributed by atoms with Crippen molar-refractivity contribution in [2.24, 2.45) is 0 Å². The van der Waals surface area contributed by atoms with Crippen LogP contribution in [0.15, 0.2) is 22.8 Å². The summed E-state index contributed by atoms with van der Waals surface area (Å²) in [6.45, 7) is 4.34. The number of hydrogen-bond acceptors (Lipinski definition) is 5. The highest BCUT2D eigenvalue weighted by Crippen LogP contribution is 2.29. The molecule has 0 fully saturated rings. The molecule has 1 unspecified atom stereocenters. The summed E-state index contributed by atoms with van der Waals surface area (Å²) in [4.78, 5) is 11.8. The lowest BCUT2D eigenvalue weighted by Crippen LogP contribution is -2.10. The molecule has 0 bridgehead atoms. The molecule has 2 aromatic heterocycles.